The van der Waals surface area contributed by atoms with Crippen molar-refractivity contribution in [3.8, 4) is 0 Å². The number of ether oxygens (including phenoxy) is 1. The van der Waals surface area contributed by atoms with E-state index in [0.717, 1.165) is 39.1 Å². The van der Waals surface area contributed by atoms with Crippen LogP contribution in [-0.4, -0.2) is 67.2 Å². The second-order valence-corrected chi connectivity index (χ2v) is 7.90. The van der Waals surface area contributed by atoms with Gasteiger partial charge in [-0.05, 0) is 44.6 Å². The highest BCUT2D eigenvalue weighted by molar-refractivity contribution is 5.79. The van der Waals surface area contributed by atoms with E-state index in [0.29, 0.717) is 29.8 Å². The number of nitrogens with zero attached hydrogens (tertiary/aromatic N) is 2. The molecule has 1 amide bonds. The molecule has 2 saturated heterocycles. The molecule has 2 aliphatic heterocycles. The van der Waals surface area contributed by atoms with Gasteiger partial charge in [0.1, 0.15) is 0 Å². The molecule has 124 valence electrons. The van der Waals surface area contributed by atoms with Crippen molar-refractivity contribution < 1.29 is 9.53 Å². The van der Waals surface area contributed by atoms with E-state index in [2.05, 4.69) is 16.8 Å². The van der Waals surface area contributed by atoms with E-state index < -0.39 is 0 Å². The van der Waals surface area contributed by atoms with Gasteiger partial charge >= 0.3 is 0 Å². The Morgan fingerprint density at radius 3 is 2.59 bits per heavy atom. The number of morpholine rings is 1. The minimum atomic E-state index is 0.209. The standard InChI is InChI=1S/C17H29N3O2/c1-19-5-6-22-15-10-20(9-14(15)19)17(21)13-7-11-3-2-4-12(8-13)16(11)18/h11-16H,2-10,18H2,1H3. The fourth-order valence-corrected chi connectivity index (χ4v) is 5.29. The molecule has 2 heterocycles. The minimum absolute atomic E-state index is 0.209. The summed E-state index contributed by atoms with van der Waals surface area (Å²) < 4.78 is 5.88. The summed E-state index contributed by atoms with van der Waals surface area (Å²) in [7, 11) is 2.15. The molecule has 5 heteroatoms. The third kappa shape index (κ3) is 2.47. The van der Waals surface area contributed by atoms with E-state index in [1.54, 1.807) is 0 Å². The smallest absolute Gasteiger partial charge is 0.225 e. The molecular weight excluding hydrogens is 278 g/mol. The average molecular weight is 307 g/mol. The van der Waals surface area contributed by atoms with Crippen molar-refractivity contribution in [1.29, 1.82) is 0 Å². The van der Waals surface area contributed by atoms with Crippen molar-refractivity contribution in [2.24, 2.45) is 23.5 Å². The van der Waals surface area contributed by atoms with Gasteiger partial charge in [-0.3, -0.25) is 9.69 Å². The summed E-state index contributed by atoms with van der Waals surface area (Å²) in [6, 6.07) is 0.733. The maximum atomic E-state index is 13.0. The van der Waals surface area contributed by atoms with Crippen LogP contribution in [0.15, 0.2) is 0 Å². The van der Waals surface area contributed by atoms with E-state index in [1.165, 1.54) is 19.3 Å². The number of hydrogen-bond donors (Lipinski definition) is 1. The Labute approximate surface area is 133 Å². The fraction of sp³-hybridized carbons (Fsp3) is 0.941. The second kappa shape index (κ2) is 5.77. The van der Waals surface area contributed by atoms with Crippen molar-refractivity contribution in [3.05, 3.63) is 0 Å². The van der Waals surface area contributed by atoms with Gasteiger partial charge in [0.25, 0.3) is 0 Å². The van der Waals surface area contributed by atoms with Gasteiger partial charge in [-0.15, -0.1) is 0 Å². The molecule has 0 aromatic rings. The summed E-state index contributed by atoms with van der Waals surface area (Å²) in [5.41, 5.74) is 6.36. The van der Waals surface area contributed by atoms with Crippen molar-refractivity contribution in [3.63, 3.8) is 0 Å². The molecule has 0 aromatic carbocycles. The van der Waals surface area contributed by atoms with Crippen LogP contribution in [0.5, 0.6) is 0 Å². The highest BCUT2D eigenvalue weighted by atomic mass is 16.5. The molecule has 2 aliphatic carbocycles. The Bertz CT molecular complexity index is 430. The maximum Gasteiger partial charge on any atom is 0.225 e. The zero-order valence-electron chi connectivity index (χ0n) is 13.6. The molecule has 5 nitrogen and oxygen atoms in total. The highest BCUT2D eigenvalue weighted by Gasteiger charge is 2.45. The fourth-order valence-electron chi connectivity index (χ4n) is 5.29. The molecule has 22 heavy (non-hydrogen) atoms. The lowest BCUT2D eigenvalue weighted by atomic mass is 9.65. The van der Waals surface area contributed by atoms with Crippen molar-refractivity contribution in [2.45, 2.75) is 50.3 Å². The Hall–Kier alpha value is -0.650. The predicted molar refractivity (Wildman–Crippen MR) is 84.3 cm³/mol. The Morgan fingerprint density at radius 2 is 1.91 bits per heavy atom. The van der Waals surface area contributed by atoms with Gasteiger partial charge in [0.2, 0.25) is 5.91 Å². The first-order valence-electron chi connectivity index (χ1n) is 8.99. The van der Waals surface area contributed by atoms with E-state index >= 15 is 0 Å². The van der Waals surface area contributed by atoms with E-state index in [9.17, 15) is 4.79 Å². The van der Waals surface area contributed by atoms with E-state index in [-0.39, 0.29) is 12.0 Å². The third-order valence-electron chi connectivity index (χ3n) is 6.65. The molecule has 4 fully saturated rings. The molecule has 4 rings (SSSR count). The molecule has 4 atom stereocenters. The van der Waals surface area contributed by atoms with E-state index in [1.807, 2.05) is 0 Å². The first-order chi connectivity index (χ1) is 10.6. The van der Waals surface area contributed by atoms with Gasteiger partial charge < -0.3 is 15.4 Å². The van der Waals surface area contributed by atoms with Gasteiger partial charge in [0, 0.05) is 31.6 Å². The summed E-state index contributed by atoms with van der Waals surface area (Å²) in [6.45, 7) is 3.40. The topological polar surface area (TPSA) is 58.8 Å². The molecule has 2 N–H and O–H groups in total. The predicted octanol–water partition coefficient (Wildman–Crippen LogP) is 0.681. The first-order valence-corrected chi connectivity index (χ1v) is 8.99. The van der Waals surface area contributed by atoms with Crippen molar-refractivity contribution >= 4 is 5.91 Å². The Morgan fingerprint density at radius 1 is 1.18 bits per heavy atom. The number of carbonyl (C=O) groups excluding carboxylic acids is 1. The van der Waals surface area contributed by atoms with Crippen molar-refractivity contribution in [2.75, 3.05) is 33.3 Å². The van der Waals surface area contributed by atoms with Crippen LogP contribution in [0.25, 0.3) is 0 Å². The van der Waals surface area contributed by atoms with Gasteiger partial charge in [0.15, 0.2) is 0 Å². The van der Waals surface area contributed by atoms with Crippen LogP contribution in [-0.2, 0) is 9.53 Å². The zero-order chi connectivity index (χ0) is 15.3. The molecule has 0 aromatic heterocycles. The second-order valence-electron chi connectivity index (χ2n) is 7.90. The molecule has 0 spiro atoms. The molecule has 4 unspecified atom stereocenters. The monoisotopic (exact) mass is 307 g/mol. The van der Waals surface area contributed by atoms with Crippen LogP contribution >= 0.6 is 0 Å². The Balaban J connectivity index is 1.42. The number of rotatable bonds is 1. The minimum Gasteiger partial charge on any atom is -0.373 e. The number of amides is 1. The van der Waals surface area contributed by atoms with Crippen LogP contribution in [0, 0.1) is 17.8 Å². The molecular formula is C17H29N3O2. The van der Waals surface area contributed by atoms with Crippen LogP contribution in [0.1, 0.15) is 32.1 Å². The molecule has 2 bridgehead atoms. The van der Waals surface area contributed by atoms with Crippen LogP contribution < -0.4 is 5.73 Å². The number of hydrogen-bond acceptors (Lipinski definition) is 4. The van der Waals surface area contributed by atoms with Crippen molar-refractivity contribution in [1.82, 2.24) is 9.80 Å². The van der Waals surface area contributed by atoms with E-state index in [4.69, 9.17) is 10.5 Å². The Kier molecular flexibility index (Phi) is 3.91. The van der Waals surface area contributed by atoms with Gasteiger partial charge in [-0.1, -0.05) is 6.42 Å². The van der Waals surface area contributed by atoms with Gasteiger partial charge in [-0.2, -0.15) is 0 Å². The SMILES string of the molecule is CN1CCOC2CN(C(=O)C3CC4CCCC(C3)C4N)CC21. The molecule has 2 saturated carbocycles. The maximum absolute atomic E-state index is 13.0. The largest absolute Gasteiger partial charge is 0.373 e. The summed E-state index contributed by atoms with van der Waals surface area (Å²) in [4.78, 5) is 17.4. The number of likely N-dealkylation sites (N-methyl/N-ethyl adjacent to an activating group) is 1. The summed E-state index contributed by atoms with van der Waals surface area (Å²) >= 11 is 0. The lowest BCUT2D eigenvalue weighted by Crippen LogP contribution is -2.50. The zero-order valence-corrected chi connectivity index (χ0v) is 13.6. The lowest BCUT2D eigenvalue weighted by Gasteiger charge is -2.44. The lowest BCUT2D eigenvalue weighted by molar-refractivity contribution is -0.138. The van der Waals surface area contributed by atoms with Crippen LogP contribution in [0.4, 0.5) is 0 Å². The number of nitrogens with two attached hydrogens (primary N) is 1. The first kappa shape index (κ1) is 14.9. The van der Waals surface area contributed by atoms with Crippen LogP contribution in [0.3, 0.4) is 0 Å². The van der Waals surface area contributed by atoms with Crippen LogP contribution in [0.2, 0.25) is 0 Å². The number of fused-ring (bicyclic) bond motifs is 3. The highest BCUT2D eigenvalue weighted by Crippen LogP contribution is 2.42. The third-order valence-corrected chi connectivity index (χ3v) is 6.65. The summed E-state index contributed by atoms with van der Waals surface area (Å²) in [5, 5.41) is 0. The van der Waals surface area contributed by atoms with Gasteiger partial charge in [-0.25, -0.2) is 0 Å². The molecule has 4 aliphatic rings. The summed E-state index contributed by atoms with van der Waals surface area (Å²) in [6.07, 6.45) is 5.99. The number of carbonyl (C=O) groups is 1. The summed E-state index contributed by atoms with van der Waals surface area (Å²) in [5.74, 6) is 1.73. The van der Waals surface area contributed by atoms with Gasteiger partial charge in [0.05, 0.1) is 18.8 Å². The average Bonchev–Trinajstić information content (AvgIpc) is 2.92. The molecule has 0 radical (unpaired) electrons. The number of likely N-dealkylation sites (tertiary alicyclic amines) is 1. The normalized spacial score (nSPS) is 45.6. The quantitative estimate of drug-likeness (QED) is 0.774.